The van der Waals surface area contributed by atoms with Gasteiger partial charge in [-0.15, -0.1) is 0 Å². The molecule has 2 saturated heterocycles. The molecule has 2 heterocycles. The Hall–Kier alpha value is -1.10. The zero-order valence-electron chi connectivity index (χ0n) is 10.9. The Labute approximate surface area is 108 Å². The molecule has 0 aromatic heterocycles. The van der Waals surface area contributed by atoms with Crippen LogP contribution in [0.2, 0.25) is 0 Å². The van der Waals surface area contributed by atoms with Gasteiger partial charge in [-0.2, -0.15) is 0 Å². The maximum atomic E-state index is 12.6. The molecule has 0 saturated carbocycles. The molecule has 18 heavy (non-hydrogen) atoms. The molecule has 2 aliphatic heterocycles. The number of carbonyl (C=O) groups excluding carboxylic acids is 1. The Morgan fingerprint density at radius 3 is 2.83 bits per heavy atom. The van der Waals surface area contributed by atoms with Crippen LogP contribution in [0.3, 0.4) is 0 Å². The van der Waals surface area contributed by atoms with Crippen molar-refractivity contribution in [1.29, 1.82) is 0 Å². The van der Waals surface area contributed by atoms with Gasteiger partial charge in [-0.05, 0) is 32.2 Å². The summed E-state index contributed by atoms with van der Waals surface area (Å²) in [7, 11) is 0. The van der Waals surface area contributed by atoms with E-state index < -0.39 is 5.97 Å². The number of nitrogens with zero attached hydrogens (tertiary/aromatic N) is 1. The van der Waals surface area contributed by atoms with Gasteiger partial charge < -0.3 is 15.3 Å². The lowest BCUT2D eigenvalue weighted by molar-refractivity contribution is -0.149. The minimum absolute atomic E-state index is 0.154. The van der Waals surface area contributed by atoms with Crippen LogP contribution in [0, 0.1) is 11.3 Å². The molecule has 0 bridgehead atoms. The van der Waals surface area contributed by atoms with E-state index >= 15 is 0 Å². The summed E-state index contributed by atoms with van der Waals surface area (Å²) in [6.07, 6.45) is 3.19. The molecular weight excluding hydrogens is 232 g/mol. The van der Waals surface area contributed by atoms with Crippen molar-refractivity contribution in [2.24, 2.45) is 11.3 Å². The zero-order chi connectivity index (χ0) is 13.2. The van der Waals surface area contributed by atoms with Crippen molar-refractivity contribution in [1.82, 2.24) is 10.2 Å². The lowest BCUT2D eigenvalue weighted by Gasteiger charge is -2.37. The number of carbonyl (C=O) groups is 2. The molecule has 5 heteroatoms. The maximum Gasteiger partial charge on any atom is 0.308 e. The summed E-state index contributed by atoms with van der Waals surface area (Å²) in [5.41, 5.74) is -0.291. The summed E-state index contributed by atoms with van der Waals surface area (Å²) < 4.78 is 0. The van der Waals surface area contributed by atoms with E-state index in [1.54, 1.807) is 4.90 Å². The van der Waals surface area contributed by atoms with Crippen LogP contribution in [-0.4, -0.2) is 48.1 Å². The van der Waals surface area contributed by atoms with E-state index in [-0.39, 0.29) is 17.2 Å². The van der Waals surface area contributed by atoms with Crippen LogP contribution >= 0.6 is 0 Å². The Bertz CT molecular complexity index is 337. The van der Waals surface area contributed by atoms with Gasteiger partial charge in [-0.1, -0.05) is 6.92 Å². The third kappa shape index (κ3) is 2.36. The quantitative estimate of drug-likeness (QED) is 0.778. The van der Waals surface area contributed by atoms with Crippen molar-refractivity contribution in [2.75, 3.05) is 26.2 Å². The molecule has 2 N–H and O–H groups in total. The maximum absolute atomic E-state index is 12.6. The van der Waals surface area contributed by atoms with E-state index in [0.717, 1.165) is 32.4 Å². The molecule has 102 valence electrons. The van der Waals surface area contributed by atoms with Crippen molar-refractivity contribution >= 4 is 11.9 Å². The van der Waals surface area contributed by atoms with Crippen LogP contribution < -0.4 is 5.32 Å². The number of amides is 1. The Balaban J connectivity index is 2.06. The second kappa shape index (κ2) is 5.26. The molecule has 1 unspecified atom stereocenters. The number of aliphatic carboxylic acids is 1. The van der Waals surface area contributed by atoms with E-state index in [4.69, 9.17) is 5.11 Å². The van der Waals surface area contributed by atoms with Crippen LogP contribution in [0.5, 0.6) is 0 Å². The Kier molecular flexibility index (Phi) is 3.90. The number of carboxylic acid groups (broad SMARTS) is 1. The highest BCUT2D eigenvalue weighted by molar-refractivity contribution is 5.84. The standard InChI is InChI=1S/C13H22N2O3/c1-2-13(5-6-14-9-13)12(18)15-7-3-4-10(8-15)11(16)17/h10,14H,2-9H2,1H3,(H,16,17)/t10-,13?/m1/s1. The van der Waals surface area contributed by atoms with Gasteiger partial charge in [-0.3, -0.25) is 9.59 Å². The molecule has 0 radical (unpaired) electrons. The van der Waals surface area contributed by atoms with Gasteiger partial charge in [0.15, 0.2) is 0 Å². The highest BCUT2D eigenvalue weighted by atomic mass is 16.4. The van der Waals surface area contributed by atoms with Crippen molar-refractivity contribution in [3.8, 4) is 0 Å². The van der Waals surface area contributed by atoms with Crippen molar-refractivity contribution in [2.45, 2.75) is 32.6 Å². The van der Waals surface area contributed by atoms with Gasteiger partial charge in [0.2, 0.25) is 5.91 Å². The van der Waals surface area contributed by atoms with Gasteiger partial charge >= 0.3 is 5.97 Å². The molecule has 0 aromatic rings. The third-order valence-corrected chi connectivity index (χ3v) is 4.43. The van der Waals surface area contributed by atoms with Gasteiger partial charge in [-0.25, -0.2) is 0 Å². The van der Waals surface area contributed by atoms with Crippen LogP contribution in [0.1, 0.15) is 32.6 Å². The second-order valence-electron chi connectivity index (χ2n) is 5.49. The number of piperidine rings is 1. The minimum atomic E-state index is -0.775. The lowest BCUT2D eigenvalue weighted by atomic mass is 9.82. The van der Waals surface area contributed by atoms with Gasteiger partial charge in [0.25, 0.3) is 0 Å². The van der Waals surface area contributed by atoms with E-state index in [1.807, 2.05) is 6.92 Å². The first-order valence-electron chi connectivity index (χ1n) is 6.82. The van der Waals surface area contributed by atoms with Crippen molar-refractivity contribution < 1.29 is 14.7 Å². The Morgan fingerprint density at radius 1 is 1.50 bits per heavy atom. The molecule has 0 aliphatic carbocycles. The molecule has 2 rings (SSSR count). The summed E-state index contributed by atoms with van der Waals surface area (Å²) >= 11 is 0. The fourth-order valence-electron chi connectivity index (χ4n) is 3.08. The van der Waals surface area contributed by atoms with Gasteiger partial charge in [0, 0.05) is 19.6 Å². The van der Waals surface area contributed by atoms with Gasteiger partial charge in [0.1, 0.15) is 0 Å². The number of hydrogen-bond acceptors (Lipinski definition) is 3. The molecule has 0 spiro atoms. The fourth-order valence-corrected chi connectivity index (χ4v) is 3.08. The summed E-state index contributed by atoms with van der Waals surface area (Å²) in [6.45, 7) is 4.76. The topological polar surface area (TPSA) is 69.6 Å². The first-order valence-corrected chi connectivity index (χ1v) is 6.82. The number of rotatable bonds is 3. The zero-order valence-corrected chi connectivity index (χ0v) is 10.9. The molecule has 1 amide bonds. The van der Waals surface area contributed by atoms with Crippen LogP contribution in [0.15, 0.2) is 0 Å². The van der Waals surface area contributed by atoms with Crippen molar-refractivity contribution in [3.63, 3.8) is 0 Å². The number of likely N-dealkylation sites (tertiary alicyclic amines) is 1. The largest absolute Gasteiger partial charge is 0.481 e. The highest BCUT2D eigenvalue weighted by Crippen LogP contribution is 2.33. The van der Waals surface area contributed by atoms with Gasteiger partial charge in [0.05, 0.1) is 11.3 Å². The molecule has 2 aliphatic rings. The number of carboxylic acids is 1. The summed E-state index contributed by atoms with van der Waals surface area (Å²) in [5, 5.41) is 12.3. The molecular formula is C13H22N2O3. The predicted octanol–water partition coefficient (Wildman–Crippen LogP) is 0.699. The molecule has 5 nitrogen and oxygen atoms in total. The highest BCUT2D eigenvalue weighted by Gasteiger charge is 2.43. The first kappa shape index (κ1) is 13.3. The van der Waals surface area contributed by atoms with E-state index in [9.17, 15) is 9.59 Å². The molecule has 2 fully saturated rings. The summed E-state index contributed by atoms with van der Waals surface area (Å²) in [6, 6.07) is 0. The van der Waals surface area contributed by atoms with Crippen LogP contribution in [0.4, 0.5) is 0 Å². The van der Waals surface area contributed by atoms with Crippen LogP contribution in [-0.2, 0) is 9.59 Å². The number of nitrogens with one attached hydrogen (secondary N) is 1. The fraction of sp³-hybridized carbons (Fsp3) is 0.846. The average Bonchev–Trinajstić information content (AvgIpc) is 2.88. The van der Waals surface area contributed by atoms with E-state index in [0.29, 0.717) is 19.5 Å². The third-order valence-electron chi connectivity index (χ3n) is 4.43. The first-order chi connectivity index (χ1) is 8.59. The van der Waals surface area contributed by atoms with Crippen LogP contribution in [0.25, 0.3) is 0 Å². The normalized spacial score (nSPS) is 32.5. The second-order valence-corrected chi connectivity index (χ2v) is 5.49. The lowest BCUT2D eigenvalue weighted by Crippen LogP contribution is -2.50. The monoisotopic (exact) mass is 254 g/mol. The van der Waals surface area contributed by atoms with E-state index in [1.165, 1.54) is 0 Å². The minimum Gasteiger partial charge on any atom is -0.481 e. The Morgan fingerprint density at radius 2 is 2.28 bits per heavy atom. The van der Waals surface area contributed by atoms with E-state index in [2.05, 4.69) is 5.32 Å². The molecule has 2 atom stereocenters. The smallest absolute Gasteiger partial charge is 0.308 e. The average molecular weight is 254 g/mol. The van der Waals surface area contributed by atoms with Crippen molar-refractivity contribution in [3.05, 3.63) is 0 Å². The summed E-state index contributed by atoms with van der Waals surface area (Å²) in [4.78, 5) is 25.4. The molecule has 0 aromatic carbocycles. The predicted molar refractivity (Wildman–Crippen MR) is 67.2 cm³/mol. The SMILES string of the molecule is CCC1(C(=O)N2CCC[C@@H](C(=O)O)C2)CCNC1. The number of hydrogen-bond donors (Lipinski definition) is 2. The summed E-state index contributed by atoms with van der Waals surface area (Å²) in [5.74, 6) is -1.01.